The van der Waals surface area contributed by atoms with Gasteiger partial charge in [-0.05, 0) is 28.8 Å². The van der Waals surface area contributed by atoms with E-state index >= 15 is 0 Å². The molecule has 0 saturated heterocycles. The van der Waals surface area contributed by atoms with Gasteiger partial charge in [0, 0.05) is 22.8 Å². The minimum absolute atomic E-state index is 0.0324. The van der Waals surface area contributed by atoms with E-state index in [0.717, 1.165) is 12.8 Å². The molecular weight excluding hydrogens is 286 g/mol. The third-order valence-electron chi connectivity index (χ3n) is 2.98. The number of hydrogen-bond donors (Lipinski definition) is 1. The number of pyridine rings is 1. The maximum atomic E-state index is 10.9. The van der Waals surface area contributed by atoms with Gasteiger partial charge in [-0.1, -0.05) is 19.3 Å². The van der Waals surface area contributed by atoms with Crippen LogP contribution in [0.4, 0.5) is 11.5 Å². The first-order valence-electron chi connectivity index (χ1n) is 5.73. The Morgan fingerprint density at radius 3 is 2.76 bits per heavy atom. The molecule has 0 radical (unpaired) electrons. The van der Waals surface area contributed by atoms with Gasteiger partial charge in [-0.2, -0.15) is 0 Å². The molecule has 1 fully saturated rings. The van der Waals surface area contributed by atoms with Crippen molar-refractivity contribution >= 4 is 27.4 Å². The first kappa shape index (κ1) is 12.3. The molecule has 0 aromatic carbocycles. The van der Waals surface area contributed by atoms with Crippen molar-refractivity contribution in [1.29, 1.82) is 0 Å². The largest absolute Gasteiger partial charge is 0.362 e. The van der Waals surface area contributed by atoms with Crippen LogP contribution in [0.25, 0.3) is 0 Å². The Balaban J connectivity index is 2.16. The molecule has 92 valence electrons. The van der Waals surface area contributed by atoms with Crippen LogP contribution in [0.1, 0.15) is 32.1 Å². The molecule has 1 aromatic rings. The van der Waals surface area contributed by atoms with Gasteiger partial charge in [0.1, 0.15) is 0 Å². The van der Waals surface area contributed by atoms with Gasteiger partial charge in [-0.3, -0.25) is 10.1 Å². The lowest BCUT2D eigenvalue weighted by atomic mass is 9.95. The highest BCUT2D eigenvalue weighted by atomic mass is 79.9. The standard InChI is InChI=1S/C11H14BrN3O2/c12-8-6-10(15(16)17)11(13-7-8)14-9-4-2-1-3-5-9/h6-7,9H,1-5H2,(H,13,14). The van der Waals surface area contributed by atoms with Crippen LogP contribution in [0.2, 0.25) is 0 Å². The van der Waals surface area contributed by atoms with Crippen molar-refractivity contribution in [2.45, 2.75) is 38.1 Å². The fourth-order valence-electron chi connectivity index (χ4n) is 2.12. The van der Waals surface area contributed by atoms with E-state index in [9.17, 15) is 10.1 Å². The highest BCUT2D eigenvalue weighted by Gasteiger charge is 2.20. The molecule has 17 heavy (non-hydrogen) atoms. The van der Waals surface area contributed by atoms with E-state index in [4.69, 9.17) is 0 Å². The maximum absolute atomic E-state index is 10.9. The second-order valence-electron chi connectivity index (χ2n) is 4.26. The van der Waals surface area contributed by atoms with Crippen LogP contribution in [0.5, 0.6) is 0 Å². The van der Waals surface area contributed by atoms with Crippen LogP contribution < -0.4 is 5.32 Å². The molecule has 0 unspecified atom stereocenters. The Hall–Kier alpha value is -1.17. The minimum Gasteiger partial charge on any atom is -0.362 e. The molecule has 1 aliphatic carbocycles. The lowest BCUT2D eigenvalue weighted by molar-refractivity contribution is -0.384. The molecule has 0 amide bonds. The van der Waals surface area contributed by atoms with Gasteiger partial charge in [0.15, 0.2) is 0 Å². The Morgan fingerprint density at radius 2 is 2.12 bits per heavy atom. The Kier molecular flexibility index (Phi) is 3.93. The third kappa shape index (κ3) is 3.15. The number of aromatic nitrogens is 1. The molecular formula is C11H14BrN3O2. The maximum Gasteiger partial charge on any atom is 0.312 e. The van der Waals surface area contributed by atoms with E-state index in [-0.39, 0.29) is 5.69 Å². The molecule has 1 N–H and O–H groups in total. The molecule has 1 heterocycles. The van der Waals surface area contributed by atoms with E-state index in [1.165, 1.54) is 25.3 Å². The fourth-order valence-corrected chi connectivity index (χ4v) is 2.44. The summed E-state index contributed by atoms with van der Waals surface area (Å²) in [5.41, 5.74) is 0.0324. The summed E-state index contributed by atoms with van der Waals surface area (Å²) in [4.78, 5) is 14.6. The fraction of sp³-hybridized carbons (Fsp3) is 0.545. The average molecular weight is 300 g/mol. The minimum atomic E-state index is -0.400. The molecule has 1 aliphatic rings. The summed E-state index contributed by atoms with van der Waals surface area (Å²) >= 11 is 3.20. The molecule has 0 aliphatic heterocycles. The number of halogens is 1. The topological polar surface area (TPSA) is 68.1 Å². The first-order valence-corrected chi connectivity index (χ1v) is 6.52. The highest BCUT2D eigenvalue weighted by Crippen LogP contribution is 2.28. The zero-order valence-corrected chi connectivity index (χ0v) is 10.9. The zero-order chi connectivity index (χ0) is 12.3. The molecule has 0 atom stereocenters. The van der Waals surface area contributed by atoms with Crippen molar-refractivity contribution in [1.82, 2.24) is 4.98 Å². The molecule has 0 spiro atoms. The zero-order valence-electron chi connectivity index (χ0n) is 9.36. The van der Waals surface area contributed by atoms with Crippen LogP contribution in [-0.2, 0) is 0 Å². The predicted molar refractivity (Wildman–Crippen MR) is 69.1 cm³/mol. The lowest BCUT2D eigenvalue weighted by Gasteiger charge is -2.23. The van der Waals surface area contributed by atoms with E-state index in [0.29, 0.717) is 16.3 Å². The highest BCUT2D eigenvalue weighted by molar-refractivity contribution is 9.10. The van der Waals surface area contributed by atoms with Gasteiger partial charge in [0.25, 0.3) is 0 Å². The van der Waals surface area contributed by atoms with Crippen molar-refractivity contribution < 1.29 is 4.92 Å². The summed E-state index contributed by atoms with van der Waals surface area (Å²) in [5.74, 6) is 0.380. The van der Waals surface area contributed by atoms with Gasteiger partial charge in [-0.15, -0.1) is 0 Å². The van der Waals surface area contributed by atoms with Gasteiger partial charge in [-0.25, -0.2) is 4.98 Å². The number of nitro groups is 1. The van der Waals surface area contributed by atoms with Gasteiger partial charge in [0.2, 0.25) is 5.82 Å². The monoisotopic (exact) mass is 299 g/mol. The average Bonchev–Trinajstić information content (AvgIpc) is 2.32. The van der Waals surface area contributed by atoms with Crippen molar-refractivity contribution in [3.05, 3.63) is 26.9 Å². The van der Waals surface area contributed by atoms with E-state index in [2.05, 4.69) is 26.2 Å². The quantitative estimate of drug-likeness (QED) is 0.685. The Labute approximate surface area is 108 Å². The van der Waals surface area contributed by atoms with Crippen LogP contribution in [0.15, 0.2) is 16.7 Å². The SMILES string of the molecule is O=[N+]([O-])c1cc(Br)cnc1NC1CCCCC1. The molecule has 2 rings (SSSR count). The number of nitrogens with zero attached hydrogens (tertiary/aromatic N) is 2. The second kappa shape index (κ2) is 5.44. The molecule has 1 aromatic heterocycles. The van der Waals surface area contributed by atoms with Crippen molar-refractivity contribution in [3.8, 4) is 0 Å². The van der Waals surface area contributed by atoms with Gasteiger partial charge in [0.05, 0.1) is 4.92 Å². The molecule has 5 nitrogen and oxygen atoms in total. The van der Waals surface area contributed by atoms with Crippen LogP contribution in [-0.4, -0.2) is 15.9 Å². The Bertz CT molecular complexity index is 419. The first-order chi connectivity index (χ1) is 8.16. The summed E-state index contributed by atoms with van der Waals surface area (Å²) < 4.78 is 0.624. The predicted octanol–water partition coefficient (Wildman–Crippen LogP) is 3.50. The number of nitrogens with one attached hydrogen (secondary N) is 1. The summed E-state index contributed by atoms with van der Waals surface area (Å²) in [7, 11) is 0. The number of rotatable bonds is 3. The second-order valence-corrected chi connectivity index (χ2v) is 5.17. The summed E-state index contributed by atoms with van der Waals surface area (Å²) in [6.07, 6.45) is 7.33. The third-order valence-corrected chi connectivity index (χ3v) is 3.41. The van der Waals surface area contributed by atoms with E-state index in [1.807, 2.05) is 0 Å². The van der Waals surface area contributed by atoms with Crippen LogP contribution in [0.3, 0.4) is 0 Å². The smallest absolute Gasteiger partial charge is 0.312 e. The molecule has 1 saturated carbocycles. The van der Waals surface area contributed by atoms with E-state index < -0.39 is 4.92 Å². The lowest BCUT2D eigenvalue weighted by Crippen LogP contribution is -2.23. The number of anilines is 1. The van der Waals surface area contributed by atoms with Gasteiger partial charge >= 0.3 is 5.69 Å². The van der Waals surface area contributed by atoms with E-state index in [1.54, 1.807) is 6.20 Å². The van der Waals surface area contributed by atoms with Crippen LogP contribution in [0, 0.1) is 10.1 Å². The summed E-state index contributed by atoms with van der Waals surface area (Å²) in [5, 5.41) is 14.1. The van der Waals surface area contributed by atoms with Crippen molar-refractivity contribution in [2.75, 3.05) is 5.32 Å². The molecule has 6 heteroatoms. The van der Waals surface area contributed by atoms with Crippen LogP contribution >= 0.6 is 15.9 Å². The normalized spacial score (nSPS) is 16.8. The summed E-state index contributed by atoms with van der Waals surface area (Å²) in [6, 6.07) is 1.80. The molecule has 0 bridgehead atoms. The Morgan fingerprint density at radius 1 is 1.41 bits per heavy atom. The summed E-state index contributed by atoms with van der Waals surface area (Å²) in [6.45, 7) is 0. The van der Waals surface area contributed by atoms with Crippen molar-refractivity contribution in [3.63, 3.8) is 0 Å². The van der Waals surface area contributed by atoms with Crippen molar-refractivity contribution in [2.24, 2.45) is 0 Å². The number of hydrogen-bond acceptors (Lipinski definition) is 4. The van der Waals surface area contributed by atoms with Gasteiger partial charge < -0.3 is 5.32 Å².